The minimum absolute atomic E-state index is 0.0823. The highest BCUT2D eigenvalue weighted by Crippen LogP contribution is 2.48. The monoisotopic (exact) mass is 460 g/mol. The number of Topliss-reactive ketones (excluding diaryl/α,β-unsaturated/α-hetero) is 1. The van der Waals surface area contributed by atoms with Crippen LogP contribution in [-0.2, 0) is 19.1 Å². The number of benzene rings is 1. The van der Waals surface area contributed by atoms with Crippen molar-refractivity contribution in [2.75, 3.05) is 32.9 Å². The van der Waals surface area contributed by atoms with Gasteiger partial charge in [0, 0.05) is 29.6 Å². The largest absolute Gasteiger partial charge is 0.463 e. The van der Waals surface area contributed by atoms with Crippen molar-refractivity contribution in [3.05, 3.63) is 46.1 Å². The summed E-state index contributed by atoms with van der Waals surface area (Å²) < 4.78 is 11.3. The molecule has 1 heterocycles. The Kier molecular flexibility index (Phi) is 8.26. The Balaban J connectivity index is 2.11. The second-order valence-electron chi connectivity index (χ2n) is 9.05. The number of rotatable bonds is 9. The van der Waals surface area contributed by atoms with Crippen LogP contribution in [0.1, 0.15) is 52.0 Å². The lowest BCUT2D eigenvalue weighted by molar-refractivity contribution is -0.139. The van der Waals surface area contributed by atoms with Crippen LogP contribution in [-0.4, -0.2) is 50.4 Å². The summed E-state index contributed by atoms with van der Waals surface area (Å²) in [5.41, 5.74) is 2.27. The molecule has 0 bridgehead atoms. The average Bonchev–Trinajstić information content (AvgIpc) is 2.72. The molecule has 2 unspecified atom stereocenters. The van der Waals surface area contributed by atoms with E-state index in [-0.39, 0.29) is 24.4 Å². The van der Waals surface area contributed by atoms with E-state index >= 15 is 0 Å². The molecule has 0 radical (unpaired) electrons. The summed E-state index contributed by atoms with van der Waals surface area (Å²) in [5, 5.41) is 3.73. The molecule has 1 N–H and O–H groups in total. The lowest BCUT2D eigenvalue weighted by Gasteiger charge is -2.41. The summed E-state index contributed by atoms with van der Waals surface area (Å²) >= 11 is 6.58. The van der Waals surface area contributed by atoms with Gasteiger partial charge in [-0.25, -0.2) is 4.79 Å². The first-order valence-corrected chi connectivity index (χ1v) is 11.7. The van der Waals surface area contributed by atoms with E-state index in [4.69, 9.17) is 26.1 Å². The van der Waals surface area contributed by atoms with Crippen LogP contribution in [0, 0.1) is 11.3 Å². The van der Waals surface area contributed by atoms with Crippen molar-refractivity contribution in [1.29, 1.82) is 0 Å². The summed E-state index contributed by atoms with van der Waals surface area (Å²) in [7, 11) is 0. The molecule has 1 aromatic rings. The Morgan fingerprint density at radius 2 is 1.97 bits per heavy atom. The lowest BCUT2D eigenvalue weighted by atomic mass is 9.63. The quantitative estimate of drug-likeness (QED) is 0.438. The van der Waals surface area contributed by atoms with Crippen molar-refractivity contribution in [2.24, 2.45) is 16.3 Å². The maximum atomic E-state index is 13.4. The Morgan fingerprint density at radius 1 is 1.22 bits per heavy atom. The zero-order chi connectivity index (χ0) is 23.3. The number of hydrogen-bond acceptors (Lipinski definition) is 6. The molecule has 7 heteroatoms. The molecule has 1 aliphatic carbocycles. The SMILES string of the molecule is CCNCCOCC1=C(C(=O)OCC)C(c2ccccc2Cl)C2C(=O)CC(C)(C)CC2=N1. The second kappa shape index (κ2) is 10.7. The van der Waals surface area contributed by atoms with E-state index in [0.717, 1.165) is 17.8 Å². The molecule has 0 aromatic heterocycles. The molecule has 2 aliphatic rings. The molecule has 0 spiro atoms. The van der Waals surface area contributed by atoms with Gasteiger partial charge in [-0.2, -0.15) is 0 Å². The van der Waals surface area contributed by atoms with E-state index in [1.165, 1.54) is 0 Å². The molecule has 3 rings (SSSR count). The fourth-order valence-corrected chi connectivity index (χ4v) is 4.87. The van der Waals surface area contributed by atoms with Gasteiger partial charge < -0.3 is 14.8 Å². The molecule has 6 nitrogen and oxygen atoms in total. The van der Waals surface area contributed by atoms with Crippen LogP contribution >= 0.6 is 11.6 Å². The Hall–Kier alpha value is -2.02. The van der Waals surface area contributed by atoms with Crippen molar-refractivity contribution >= 4 is 29.1 Å². The number of halogens is 1. The summed E-state index contributed by atoms with van der Waals surface area (Å²) in [6.45, 7) is 10.4. The molecular formula is C25H33ClN2O4. The number of nitrogens with zero attached hydrogens (tertiary/aromatic N) is 1. The Bertz CT molecular complexity index is 922. The van der Waals surface area contributed by atoms with Crippen LogP contribution < -0.4 is 5.32 Å². The van der Waals surface area contributed by atoms with E-state index in [1.54, 1.807) is 13.0 Å². The van der Waals surface area contributed by atoms with Crippen molar-refractivity contribution < 1.29 is 19.1 Å². The molecule has 174 valence electrons. The molecular weight excluding hydrogens is 428 g/mol. The van der Waals surface area contributed by atoms with Crippen LogP contribution in [0.25, 0.3) is 0 Å². The third kappa shape index (κ3) is 5.48. The predicted molar refractivity (Wildman–Crippen MR) is 126 cm³/mol. The number of ketones is 1. The fraction of sp³-hybridized carbons (Fsp3) is 0.560. The number of fused-ring (bicyclic) bond motifs is 1. The average molecular weight is 461 g/mol. The van der Waals surface area contributed by atoms with Gasteiger partial charge in [0.1, 0.15) is 5.78 Å². The number of esters is 1. The topological polar surface area (TPSA) is 77.0 Å². The smallest absolute Gasteiger partial charge is 0.336 e. The second-order valence-corrected chi connectivity index (χ2v) is 9.46. The van der Waals surface area contributed by atoms with Crippen molar-refractivity contribution in [3.8, 4) is 0 Å². The summed E-state index contributed by atoms with van der Waals surface area (Å²) in [6.07, 6.45) is 1.11. The molecule has 0 amide bonds. The number of likely N-dealkylation sites (N-methyl/N-ethyl adjacent to an activating group) is 1. The van der Waals surface area contributed by atoms with Crippen molar-refractivity contribution in [3.63, 3.8) is 0 Å². The predicted octanol–water partition coefficient (Wildman–Crippen LogP) is 4.33. The highest BCUT2D eigenvalue weighted by Gasteiger charge is 2.48. The molecule has 1 aliphatic heterocycles. The standard InChI is InChI=1S/C25H33ClN2O4/c1-5-27-11-12-31-15-19-23(24(30)32-6-2)21(16-9-7-8-10-17(16)26)22-18(28-19)13-25(3,4)14-20(22)29/h7-10,21-22,27H,5-6,11-15H2,1-4H3. The first-order chi connectivity index (χ1) is 15.3. The fourth-order valence-electron chi connectivity index (χ4n) is 4.61. The van der Waals surface area contributed by atoms with E-state index in [0.29, 0.717) is 42.3 Å². The minimum Gasteiger partial charge on any atom is -0.463 e. The summed E-state index contributed by atoms with van der Waals surface area (Å²) in [4.78, 5) is 31.4. The third-order valence-electron chi connectivity index (χ3n) is 5.90. The first-order valence-electron chi connectivity index (χ1n) is 11.3. The van der Waals surface area contributed by atoms with Gasteiger partial charge in [-0.05, 0) is 36.9 Å². The van der Waals surface area contributed by atoms with Gasteiger partial charge in [0.25, 0.3) is 0 Å². The zero-order valence-corrected chi connectivity index (χ0v) is 20.1. The van der Waals surface area contributed by atoms with Gasteiger partial charge in [0.05, 0.1) is 37.0 Å². The first kappa shape index (κ1) is 24.6. The highest BCUT2D eigenvalue weighted by atomic mass is 35.5. The van der Waals surface area contributed by atoms with Crippen molar-refractivity contribution in [1.82, 2.24) is 5.32 Å². The minimum atomic E-state index is -0.536. The maximum Gasteiger partial charge on any atom is 0.336 e. The van der Waals surface area contributed by atoms with Crippen LogP contribution in [0.5, 0.6) is 0 Å². The van der Waals surface area contributed by atoms with Gasteiger partial charge >= 0.3 is 5.97 Å². The zero-order valence-electron chi connectivity index (χ0n) is 19.4. The van der Waals surface area contributed by atoms with Gasteiger partial charge in [-0.1, -0.05) is 50.6 Å². The van der Waals surface area contributed by atoms with Crippen LogP contribution in [0.3, 0.4) is 0 Å². The Labute approximate surface area is 195 Å². The van der Waals surface area contributed by atoms with E-state index in [1.807, 2.05) is 25.1 Å². The van der Waals surface area contributed by atoms with Gasteiger partial charge in [0.15, 0.2) is 0 Å². The van der Waals surface area contributed by atoms with E-state index < -0.39 is 17.8 Å². The number of carbonyl (C=O) groups excluding carboxylic acids is 2. The van der Waals surface area contributed by atoms with Crippen LogP contribution in [0.4, 0.5) is 0 Å². The maximum absolute atomic E-state index is 13.4. The molecule has 0 saturated heterocycles. The molecule has 1 saturated carbocycles. The normalized spacial score (nSPS) is 22.4. The van der Waals surface area contributed by atoms with Gasteiger partial charge in [0.2, 0.25) is 0 Å². The molecule has 32 heavy (non-hydrogen) atoms. The summed E-state index contributed by atoms with van der Waals surface area (Å²) in [6, 6.07) is 7.38. The highest BCUT2D eigenvalue weighted by molar-refractivity contribution is 6.31. The van der Waals surface area contributed by atoms with Gasteiger partial charge in [-0.3, -0.25) is 9.79 Å². The van der Waals surface area contributed by atoms with Crippen LogP contribution in [0.15, 0.2) is 40.5 Å². The van der Waals surface area contributed by atoms with E-state index in [9.17, 15) is 9.59 Å². The number of hydrogen-bond donors (Lipinski definition) is 1. The molecule has 1 aromatic carbocycles. The lowest BCUT2D eigenvalue weighted by Crippen LogP contribution is -2.44. The van der Waals surface area contributed by atoms with Gasteiger partial charge in [-0.15, -0.1) is 0 Å². The Morgan fingerprint density at radius 3 is 2.66 bits per heavy atom. The molecule has 1 fully saturated rings. The van der Waals surface area contributed by atoms with Crippen LogP contribution in [0.2, 0.25) is 5.02 Å². The number of aliphatic imine (C=N–C) groups is 1. The number of carbonyl (C=O) groups is 2. The van der Waals surface area contributed by atoms with E-state index in [2.05, 4.69) is 19.2 Å². The third-order valence-corrected chi connectivity index (χ3v) is 6.24. The molecule has 2 atom stereocenters. The number of ether oxygens (including phenoxy) is 2. The van der Waals surface area contributed by atoms with Crippen molar-refractivity contribution in [2.45, 2.75) is 46.5 Å². The number of nitrogens with one attached hydrogen (secondary N) is 1. The summed E-state index contributed by atoms with van der Waals surface area (Å²) in [5.74, 6) is -1.44.